The molecule has 0 radical (unpaired) electrons. The summed E-state index contributed by atoms with van der Waals surface area (Å²) in [4.78, 5) is 2.57. The molecule has 3 heteroatoms. The smallest absolute Gasteiger partial charge is 0.123 e. The van der Waals surface area contributed by atoms with Crippen molar-refractivity contribution >= 4 is 0 Å². The van der Waals surface area contributed by atoms with Crippen molar-refractivity contribution in [1.82, 2.24) is 10.2 Å². The van der Waals surface area contributed by atoms with Gasteiger partial charge in [0.15, 0.2) is 0 Å². The summed E-state index contributed by atoms with van der Waals surface area (Å²) < 4.78 is 13.3. The molecule has 0 unspecified atom stereocenters. The number of halogens is 1. The lowest BCUT2D eigenvalue weighted by atomic mass is 9.97. The van der Waals surface area contributed by atoms with E-state index in [2.05, 4.69) is 10.2 Å². The van der Waals surface area contributed by atoms with Crippen LogP contribution in [0.4, 0.5) is 4.39 Å². The molecule has 0 spiro atoms. The molecule has 1 aliphatic heterocycles. The van der Waals surface area contributed by atoms with Crippen LogP contribution in [0.25, 0.3) is 0 Å². The molecule has 2 fully saturated rings. The number of nitrogens with one attached hydrogen (secondary N) is 1. The van der Waals surface area contributed by atoms with Gasteiger partial charge in [0.1, 0.15) is 5.82 Å². The average molecular weight is 262 g/mol. The van der Waals surface area contributed by atoms with E-state index in [4.69, 9.17) is 0 Å². The summed E-state index contributed by atoms with van der Waals surface area (Å²) in [6, 6.07) is 7.81. The van der Waals surface area contributed by atoms with Crippen molar-refractivity contribution in [2.75, 3.05) is 19.6 Å². The highest BCUT2D eigenvalue weighted by molar-refractivity contribution is 5.16. The fourth-order valence-electron chi connectivity index (χ4n) is 3.05. The summed E-state index contributed by atoms with van der Waals surface area (Å²) >= 11 is 0. The number of piperidine rings is 1. The number of nitrogens with zero attached hydrogens (tertiary/aromatic N) is 1. The highest BCUT2D eigenvalue weighted by atomic mass is 19.1. The van der Waals surface area contributed by atoms with Crippen molar-refractivity contribution in [2.24, 2.45) is 5.92 Å². The van der Waals surface area contributed by atoms with Crippen LogP contribution >= 0.6 is 0 Å². The van der Waals surface area contributed by atoms with Crippen molar-refractivity contribution in [2.45, 2.75) is 38.3 Å². The Morgan fingerprint density at radius 3 is 2.63 bits per heavy atom. The first-order chi connectivity index (χ1) is 9.31. The maximum Gasteiger partial charge on any atom is 0.123 e. The average Bonchev–Trinajstić information content (AvgIpc) is 3.23. The molecule has 2 aliphatic rings. The zero-order valence-corrected chi connectivity index (χ0v) is 11.4. The van der Waals surface area contributed by atoms with Crippen molar-refractivity contribution in [3.63, 3.8) is 0 Å². The normalized spacial score (nSPS) is 20.9. The van der Waals surface area contributed by atoms with Crippen LogP contribution in [0.15, 0.2) is 24.3 Å². The Morgan fingerprint density at radius 2 is 1.95 bits per heavy atom. The number of hydrogen-bond donors (Lipinski definition) is 1. The fraction of sp³-hybridized carbons (Fsp3) is 0.625. The van der Waals surface area contributed by atoms with Gasteiger partial charge in [-0.15, -0.1) is 0 Å². The first-order valence-electron chi connectivity index (χ1n) is 7.50. The summed E-state index contributed by atoms with van der Waals surface area (Å²) in [5.74, 6) is 0.700. The molecule has 1 aliphatic carbocycles. The van der Waals surface area contributed by atoms with Crippen LogP contribution < -0.4 is 5.32 Å². The van der Waals surface area contributed by atoms with Gasteiger partial charge in [-0.2, -0.15) is 0 Å². The lowest BCUT2D eigenvalue weighted by molar-refractivity contribution is 0.190. The van der Waals surface area contributed by atoms with E-state index < -0.39 is 0 Å². The van der Waals surface area contributed by atoms with Crippen molar-refractivity contribution < 1.29 is 4.39 Å². The van der Waals surface area contributed by atoms with Crippen LogP contribution in [0.2, 0.25) is 0 Å². The summed E-state index contributed by atoms with van der Waals surface area (Å²) in [6.07, 6.45) is 5.21. The quantitative estimate of drug-likeness (QED) is 0.878. The molecule has 1 saturated heterocycles. The molecule has 1 saturated carbocycles. The lowest BCUT2D eigenvalue weighted by Crippen LogP contribution is -2.37. The second kappa shape index (κ2) is 6.02. The van der Waals surface area contributed by atoms with Gasteiger partial charge in [-0.05, 0) is 62.4 Å². The van der Waals surface area contributed by atoms with Crippen LogP contribution in [0, 0.1) is 11.7 Å². The van der Waals surface area contributed by atoms with Gasteiger partial charge in [0.25, 0.3) is 0 Å². The molecule has 0 amide bonds. The Hall–Kier alpha value is -0.930. The highest BCUT2D eigenvalue weighted by Gasteiger charge is 2.30. The van der Waals surface area contributed by atoms with Gasteiger partial charge in [-0.1, -0.05) is 12.1 Å². The van der Waals surface area contributed by atoms with Crippen LogP contribution in [-0.2, 0) is 6.54 Å². The van der Waals surface area contributed by atoms with E-state index in [0.29, 0.717) is 0 Å². The molecule has 1 heterocycles. The Labute approximate surface area is 115 Å². The molecule has 0 aromatic heterocycles. The maximum atomic E-state index is 13.3. The summed E-state index contributed by atoms with van der Waals surface area (Å²) in [6.45, 7) is 4.40. The third-order valence-electron chi connectivity index (χ3n) is 4.29. The second-order valence-corrected chi connectivity index (χ2v) is 5.98. The minimum atomic E-state index is -0.116. The molecule has 1 aromatic rings. The van der Waals surface area contributed by atoms with Crippen molar-refractivity contribution in [1.29, 1.82) is 0 Å². The summed E-state index contributed by atoms with van der Waals surface area (Å²) in [7, 11) is 0. The molecule has 104 valence electrons. The molecule has 0 atom stereocenters. The van der Waals surface area contributed by atoms with Crippen LogP contribution in [0.5, 0.6) is 0 Å². The van der Waals surface area contributed by atoms with Gasteiger partial charge in [-0.25, -0.2) is 4.39 Å². The first-order valence-corrected chi connectivity index (χ1v) is 7.50. The summed E-state index contributed by atoms with van der Waals surface area (Å²) in [5.41, 5.74) is 1.11. The van der Waals surface area contributed by atoms with E-state index in [1.165, 1.54) is 38.3 Å². The first kappa shape index (κ1) is 13.1. The zero-order valence-electron chi connectivity index (χ0n) is 11.4. The van der Waals surface area contributed by atoms with Crippen LogP contribution in [0.1, 0.15) is 31.2 Å². The Bertz CT molecular complexity index is 411. The van der Waals surface area contributed by atoms with Gasteiger partial charge < -0.3 is 5.32 Å². The van der Waals surface area contributed by atoms with Gasteiger partial charge in [0, 0.05) is 19.1 Å². The fourth-order valence-corrected chi connectivity index (χ4v) is 3.05. The van der Waals surface area contributed by atoms with Gasteiger partial charge >= 0.3 is 0 Å². The monoisotopic (exact) mass is 262 g/mol. The molecule has 3 rings (SSSR count). The van der Waals surface area contributed by atoms with Gasteiger partial charge in [-0.3, -0.25) is 4.90 Å². The van der Waals surface area contributed by atoms with Gasteiger partial charge in [0.2, 0.25) is 0 Å². The molecule has 0 bridgehead atoms. The maximum absolute atomic E-state index is 13.3. The SMILES string of the molecule is Fc1cccc(CN(CC2CCNCC2)C2CC2)c1. The zero-order chi connectivity index (χ0) is 13.1. The van der Waals surface area contributed by atoms with E-state index in [1.54, 1.807) is 6.07 Å². The van der Waals surface area contributed by atoms with Gasteiger partial charge in [0.05, 0.1) is 0 Å². The molecule has 1 N–H and O–H groups in total. The molecule has 19 heavy (non-hydrogen) atoms. The number of hydrogen-bond acceptors (Lipinski definition) is 2. The largest absolute Gasteiger partial charge is 0.317 e. The van der Waals surface area contributed by atoms with Crippen molar-refractivity contribution in [3.8, 4) is 0 Å². The Morgan fingerprint density at radius 1 is 1.16 bits per heavy atom. The molecular weight excluding hydrogens is 239 g/mol. The third kappa shape index (κ3) is 3.77. The predicted octanol–water partition coefficient (Wildman–Crippen LogP) is 2.79. The minimum Gasteiger partial charge on any atom is -0.317 e. The number of rotatable bonds is 5. The second-order valence-electron chi connectivity index (χ2n) is 5.98. The topological polar surface area (TPSA) is 15.3 Å². The highest BCUT2D eigenvalue weighted by Crippen LogP contribution is 2.30. The molecule has 2 nitrogen and oxygen atoms in total. The van der Waals surface area contributed by atoms with E-state index in [-0.39, 0.29) is 5.82 Å². The summed E-state index contributed by atoms with van der Waals surface area (Å²) in [5, 5.41) is 3.42. The van der Waals surface area contributed by atoms with Crippen LogP contribution in [0.3, 0.4) is 0 Å². The minimum absolute atomic E-state index is 0.116. The van der Waals surface area contributed by atoms with E-state index >= 15 is 0 Å². The standard InChI is InChI=1S/C16H23FN2/c17-15-3-1-2-14(10-15)12-19(16-4-5-16)11-13-6-8-18-9-7-13/h1-3,10,13,16,18H,4-9,11-12H2. The number of benzene rings is 1. The predicted molar refractivity (Wildman–Crippen MR) is 75.4 cm³/mol. The van der Waals surface area contributed by atoms with E-state index in [0.717, 1.165) is 37.2 Å². The molecular formula is C16H23FN2. The Kier molecular flexibility index (Phi) is 4.14. The van der Waals surface area contributed by atoms with E-state index in [9.17, 15) is 4.39 Å². The third-order valence-corrected chi connectivity index (χ3v) is 4.29. The van der Waals surface area contributed by atoms with E-state index in [1.807, 2.05) is 12.1 Å². The van der Waals surface area contributed by atoms with Crippen molar-refractivity contribution in [3.05, 3.63) is 35.6 Å². The molecule has 1 aromatic carbocycles. The lowest BCUT2D eigenvalue weighted by Gasteiger charge is -2.30. The van der Waals surface area contributed by atoms with Crippen LogP contribution in [-0.4, -0.2) is 30.6 Å². The Balaban J connectivity index is 1.60.